The predicted molar refractivity (Wildman–Crippen MR) is 123 cm³/mol. The van der Waals surface area contributed by atoms with Gasteiger partial charge in [0.1, 0.15) is 6.10 Å². The number of esters is 1. The minimum absolute atomic E-state index is 0.212. The van der Waals surface area contributed by atoms with Gasteiger partial charge in [-0.25, -0.2) is 4.79 Å². The van der Waals surface area contributed by atoms with E-state index in [1.165, 1.54) is 11.3 Å². The van der Waals surface area contributed by atoms with Crippen LogP contribution in [0.3, 0.4) is 0 Å². The van der Waals surface area contributed by atoms with Gasteiger partial charge in [-0.3, -0.25) is 4.90 Å². The molecule has 6 heteroatoms. The van der Waals surface area contributed by atoms with Crippen LogP contribution in [0.25, 0.3) is 0 Å². The van der Waals surface area contributed by atoms with Gasteiger partial charge >= 0.3 is 5.97 Å². The van der Waals surface area contributed by atoms with E-state index in [2.05, 4.69) is 55.1 Å². The van der Waals surface area contributed by atoms with Crippen LogP contribution in [-0.4, -0.2) is 52.3 Å². The van der Waals surface area contributed by atoms with E-state index in [0.717, 1.165) is 44.5 Å². The Labute approximate surface area is 185 Å². The third-order valence-corrected chi connectivity index (χ3v) is 5.87. The molecule has 1 aliphatic heterocycles. The number of nitrogens with zero attached hydrogens (tertiary/aromatic N) is 2. The van der Waals surface area contributed by atoms with E-state index in [9.17, 15) is 4.79 Å². The molecule has 0 radical (unpaired) electrons. The summed E-state index contributed by atoms with van der Waals surface area (Å²) >= 11 is 0. The maximum absolute atomic E-state index is 12.3. The van der Waals surface area contributed by atoms with Gasteiger partial charge < -0.3 is 19.1 Å². The van der Waals surface area contributed by atoms with Crippen LogP contribution in [0, 0.1) is 0 Å². The summed E-state index contributed by atoms with van der Waals surface area (Å²) in [5.41, 5.74) is 4.02. The second-order valence-corrected chi connectivity index (χ2v) is 8.11. The fourth-order valence-electron chi connectivity index (χ4n) is 3.98. The van der Waals surface area contributed by atoms with E-state index >= 15 is 0 Å². The van der Waals surface area contributed by atoms with E-state index < -0.39 is 0 Å². The van der Waals surface area contributed by atoms with Crippen molar-refractivity contribution in [2.24, 2.45) is 0 Å². The smallest absolute Gasteiger partial charge is 0.339 e. The van der Waals surface area contributed by atoms with Crippen molar-refractivity contribution < 1.29 is 19.0 Å². The Hall–Kier alpha value is -2.73. The predicted octanol–water partition coefficient (Wildman–Crippen LogP) is 4.67. The lowest BCUT2D eigenvalue weighted by molar-refractivity contribution is 0.0361. The number of benzene rings is 2. The molecule has 0 aromatic heterocycles. The summed E-state index contributed by atoms with van der Waals surface area (Å²) in [6.07, 6.45) is 2.64. The van der Waals surface area contributed by atoms with Gasteiger partial charge in [-0.15, -0.1) is 0 Å². The zero-order valence-corrected chi connectivity index (χ0v) is 19.3. The first-order valence-corrected chi connectivity index (χ1v) is 10.9. The van der Waals surface area contributed by atoms with Gasteiger partial charge in [0.25, 0.3) is 0 Å². The van der Waals surface area contributed by atoms with Crippen molar-refractivity contribution in [2.75, 3.05) is 46.3 Å². The molecule has 0 bridgehead atoms. The fourth-order valence-corrected chi connectivity index (χ4v) is 3.98. The molecule has 0 aliphatic carbocycles. The minimum atomic E-state index is -0.280. The molecule has 0 saturated carbocycles. The van der Waals surface area contributed by atoms with Crippen molar-refractivity contribution in [1.82, 2.24) is 4.90 Å². The van der Waals surface area contributed by atoms with Crippen LogP contribution in [0.2, 0.25) is 0 Å². The highest BCUT2D eigenvalue weighted by atomic mass is 16.5. The van der Waals surface area contributed by atoms with E-state index in [1.54, 1.807) is 20.3 Å². The number of carbonyl (C=O) groups is 1. The SMILES string of the molecule is CCN(CCCCC1OC(=O)c2cc(OC)c(OC)cc21)Cc1ccc(N(C)C)cc1. The van der Waals surface area contributed by atoms with Crippen molar-refractivity contribution in [3.05, 3.63) is 53.1 Å². The fraction of sp³-hybridized carbons (Fsp3) is 0.480. The molecule has 0 amide bonds. The summed E-state index contributed by atoms with van der Waals surface area (Å²) in [6.45, 7) is 5.17. The Morgan fingerprint density at radius 3 is 2.29 bits per heavy atom. The largest absolute Gasteiger partial charge is 0.493 e. The van der Waals surface area contributed by atoms with Gasteiger partial charge in [-0.05, 0) is 62.2 Å². The van der Waals surface area contributed by atoms with Crippen molar-refractivity contribution in [1.29, 1.82) is 0 Å². The molecule has 31 heavy (non-hydrogen) atoms. The van der Waals surface area contributed by atoms with Crippen LogP contribution in [0.4, 0.5) is 5.69 Å². The summed E-state index contributed by atoms with van der Waals surface area (Å²) in [4.78, 5) is 16.8. The maximum Gasteiger partial charge on any atom is 0.339 e. The Bertz CT molecular complexity index is 880. The van der Waals surface area contributed by atoms with Crippen LogP contribution in [-0.2, 0) is 11.3 Å². The molecule has 0 fully saturated rings. The number of ether oxygens (including phenoxy) is 3. The molecule has 6 nitrogen and oxygen atoms in total. The maximum atomic E-state index is 12.3. The average Bonchev–Trinajstić information content (AvgIpc) is 3.09. The highest BCUT2D eigenvalue weighted by Gasteiger charge is 2.32. The standard InChI is InChI=1S/C25H34N2O4/c1-6-27(17-18-10-12-19(13-11-18)26(2)3)14-8-7-9-22-20-15-23(29-4)24(30-5)16-21(20)25(28)31-22/h10-13,15-16,22H,6-9,14,17H2,1-5H3. The van der Waals surface area contributed by atoms with Gasteiger partial charge in [0.05, 0.1) is 19.8 Å². The average molecular weight is 427 g/mol. The lowest BCUT2D eigenvalue weighted by Crippen LogP contribution is -2.24. The Morgan fingerprint density at radius 2 is 1.68 bits per heavy atom. The number of anilines is 1. The minimum Gasteiger partial charge on any atom is -0.493 e. The summed E-state index contributed by atoms with van der Waals surface area (Å²) in [7, 11) is 7.28. The van der Waals surface area contributed by atoms with Crippen LogP contribution >= 0.6 is 0 Å². The summed E-state index contributed by atoms with van der Waals surface area (Å²) in [5, 5.41) is 0. The van der Waals surface area contributed by atoms with Gasteiger partial charge in [0.2, 0.25) is 0 Å². The molecular weight excluding hydrogens is 392 g/mol. The number of cyclic esters (lactones) is 1. The normalized spacial score (nSPS) is 15.0. The van der Waals surface area contributed by atoms with Crippen molar-refractivity contribution in [3.63, 3.8) is 0 Å². The number of methoxy groups -OCH3 is 2. The van der Waals surface area contributed by atoms with E-state index in [-0.39, 0.29) is 12.1 Å². The molecule has 0 N–H and O–H groups in total. The third-order valence-electron chi connectivity index (χ3n) is 5.87. The van der Waals surface area contributed by atoms with Crippen LogP contribution < -0.4 is 14.4 Å². The second-order valence-electron chi connectivity index (χ2n) is 8.11. The topological polar surface area (TPSA) is 51.2 Å². The number of carbonyl (C=O) groups excluding carboxylic acids is 1. The highest BCUT2D eigenvalue weighted by molar-refractivity contribution is 5.95. The van der Waals surface area contributed by atoms with Crippen molar-refractivity contribution in [2.45, 2.75) is 38.8 Å². The van der Waals surface area contributed by atoms with Gasteiger partial charge in [-0.2, -0.15) is 0 Å². The first-order chi connectivity index (χ1) is 15.0. The first-order valence-electron chi connectivity index (χ1n) is 10.9. The number of hydrogen-bond acceptors (Lipinski definition) is 6. The molecule has 1 heterocycles. The zero-order valence-electron chi connectivity index (χ0n) is 19.3. The summed E-state index contributed by atoms with van der Waals surface area (Å²) < 4.78 is 16.3. The quantitative estimate of drug-likeness (QED) is 0.384. The molecule has 1 aliphatic rings. The summed E-state index contributed by atoms with van der Waals surface area (Å²) in [6, 6.07) is 12.3. The number of fused-ring (bicyclic) bond motifs is 1. The highest BCUT2D eigenvalue weighted by Crippen LogP contribution is 2.40. The molecular formula is C25H34N2O4. The van der Waals surface area contributed by atoms with E-state index in [0.29, 0.717) is 17.1 Å². The van der Waals surface area contributed by atoms with Crippen LogP contribution in [0.5, 0.6) is 11.5 Å². The molecule has 1 atom stereocenters. The molecule has 0 spiro atoms. The zero-order chi connectivity index (χ0) is 22.4. The number of unbranched alkanes of at least 4 members (excludes halogenated alkanes) is 1. The molecule has 3 rings (SSSR count). The van der Waals surface area contributed by atoms with Crippen LogP contribution in [0.15, 0.2) is 36.4 Å². The summed E-state index contributed by atoms with van der Waals surface area (Å²) in [5.74, 6) is 0.898. The van der Waals surface area contributed by atoms with Gasteiger partial charge in [0, 0.05) is 31.9 Å². The third kappa shape index (κ3) is 5.50. The van der Waals surface area contributed by atoms with Gasteiger partial charge in [0.15, 0.2) is 11.5 Å². The Balaban J connectivity index is 1.52. The second kappa shape index (κ2) is 10.5. The lowest BCUT2D eigenvalue weighted by atomic mass is 10.00. The number of rotatable bonds is 11. The monoisotopic (exact) mass is 426 g/mol. The molecule has 0 saturated heterocycles. The van der Waals surface area contributed by atoms with E-state index in [1.807, 2.05) is 6.07 Å². The van der Waals surface area contributed by atoms with E-state index in [4.69, 9.17) is 14.2 Å². The molecule has 2 aromatic rings. The number of hydrogen-bond donors (Lipinski definition) is 0. The Kier molecular flexibility index (Phi) is 7.80. The molecule has 2 aromatic carbocycles. The van der Waals surface area contributed by atoms with Gasteiger partial charge in [-0.1, -0.05) is 19.1 Å². The first kappa shape index (κ1) is 22.9. The molecule has 1 unspecified atom stereocenters. The Morgan fingerprint density at radius 1 is 1.00 bits per heavy atom. The lowest BCUT2D eigenvalue weighted by Gasteiger charge is -2.21. The van der Waals surface area contributed by atoms with Crippen molar-refractivity contribution in [3.8, 4) is 11.5 Å². The van der Waals surface area contributed by atoms with Crippen molar-refractivity contribution >= 4 is 11.7 Å². The molecule has 168 valence electrons. The van der Waals surface area contributed by atoms with Crippen LogP contribution in [0.1, 0.15) is 53.8 Å².